The van der Waals surface area contributed by atoms with E-state index < -0.39 is 5.97 Å². The van der Waals surface area contributed by atoms with E-state index in [1.165, 1.54) is 35.9 Å². The lowest BCUT2D eigenvalue weighted by atomic mass is 9.81. The summed E-state index contributed by atoms with van der Waals surface area (Å²) in [4.78, 5) is 17.4. The number of carboxylic acids is 1. The van der Waals surface area contributed by atoms with Crippen molar-refractivity contribution in [3.63, 3.8) is 0 Å². The highest BCUT2D eigenvalue weighted by molar-refractivity contribution is 6.30. The van der Waals surface area contributed by atoms with E-state index in [1.54, 1.807) is 6.07 Å². The van der Waals surface area contributed by atoms with Crippen LogP contribution in [0.4, 0.5) is 5.69 Å². The predicted octanol–water partition coefficient (Wildman–Crippen LogP) is 11.2. The molecule has 1 aliphatic carbocycles. The van der Waals surface area contributed by atoms with Crippen LogP contribution < -0.4 is 10.1 Å². The number of hydrogen-bond donors (Lipinski definition) is 2. The van der Waals surface area contributed by atoms with Gasteiger partial charge in [0.2, 0.25) is 0 Å². The number of aryl methyl sites for hydroxylation is 1. The number of nitrogens with zero attached hydrogens (tertiary/aromatic N) is 2. The lowest BCUT2D eigenvalue weighted by molar-refractivity contribution is 0.0697. The van der Waals surface area contributed by atoms with Gasteiger partial charge >= 0.3 is 5.97 Å². The van der Waals surface area contributed by atoms with E-state index in [2.05, 4.69) is 52.3 Å². The number of fused-ring (bicyclic) bond motifs is 7. The van der Waals surface area contributed by atoms with Gasteiger partial charge in [-0.1, -0.05) is 55.1 Å². The topological polar surface area (TPSA) is 76.4 Å². The Morgan fingerprint density at radius 3 is 2.47 bits per heavy atom. The number of pyridine rings is 1. The number of anilines is 1. The van der Waals surface area contributed by atoms with Crippen LogP contribution in [0.5, 0.6) is 5.75 Å². The van der Waals surface area contributed by atoms with E-state index >= 15 is 0 Å². The van der Waals surface area contributed by atoms with Crippen molar-refractivity contribution in [1.29, 1.82) is 0 Å². The lowest BCUT2D eigenvalue weighted by Gasteiger charge is -2.24. The van der Waals surface area contributed by atoms with Crippen molar-refractivity contribution in [3.8, 4) is 39.4 Å². The standard InChI is InChI=1S/C42H40ClN3O3/c1-2-49-30-15-17-31(26-10-13-29(43)14-11-26)35(25-30)37-20-18-32-36(45-37)21-19-34-40(32)44-22-6-7-23-46-38-24-28(42(47)48)12-16-33(38)39(41(34)46)27-8-4-3-5-9-27/h10-21,24-25,27,44H,2-9,22-23H2,1H3,(H,47,48). The molecule has 248 valence electrons. The second kappa shape index (κ2) is 13.2. The number of benzene rings is 4. The number of carbonyl (C=O) groups is 1. The smallest absolute Gasteiger partial charge is 0.335 e. The summed E-state index contributed by atoms with van der Waals surface area (Å²) in [7, 11) is 0. The molecule has 0 bridgehead atoms. The molecule has 0 saturated heterocycles. The molecule has 4 aromatic carbocycles. The first-order valence-corrected chi connectivity index (χ1v) is 18.0. The molecule has 3 heterocycles. The van der Waals surface area contributed by atoms with Crippen molar-refractivity contribution in [2.75, 3.05) is 18.5 Å². The molecule has 0 amide bonds. The molecule has 0 spiro atoms. The number of hydrogen-bond acceptors (Lipinski definition) is 4. The van der Waals surface area contributed by atoms with Gasteiger partial charge in [-0.05, 0) is 116 Å². The number of ether oxygens (including phenoxy) is 1. The van der Waals surface area contributed by atoms with Crippen LogP contribution in [0.15, 0.2) is 84.9 Å². The number of rotatable bonds is 6. The highest BCUT2D eigenvalue weighted by Gasteiger charge is 2.29. The average Bonchev–Trinajstić information content (AvgIpc) is 3.48. The average molecular weight is 670 g/mol. The van der Waals surface area contributed by atoms with E-state index in [1.807, 2.05) is 43.3 Å². The molecular formula is C42H40ClN3O3. The Bertz CT molecular complexity index is 2200. The summed E-state index contributed by atoms with van der Waals surface area (Å²) in [6.07, 6.45) is 8.05. The summed E-state index contributed by atoms with van der Waals surface area (Å²) >= 11 is 6.24. The molecular weight excluding hydrogens is 630 g/mol. The van der Waals surface area contributed by atoms with Gasteiger partial charge < -0.3 is 19.7 Å². The maximum Gasteiger partial charge on any atom is 0.335 e. The fraction of sp³-hybridized carbons (Fsp3) is 0.286. The number of carboxylic acid groups (broad SMARTS) is 1. The minimum Gasteiger partial charge on any atom is -0.494 e. The fourth-order valence-corrected chi connectivity index (χ4v) is 8.19. The van der Waals surface area contributed by atoms with Crippen LogP contribution in [-0.2, 0) is 6.54 Å². The Labute approximate surface area is 291 Å². The molecule has 49 heavy (non-hydrogen) atoms. The van der Waals surface area contributed by atoms with E-state index in [0.29, 0.717) is 23.1 Å². The molecule has 0 unspecified atom stereocenters. The second-order valence-corrected chi connectivity index (χ2v) is 13.8. The maximum absolute atomic E-state index is 12.1. The molecule has 0 radical (unpaired) electrons. The molecule has 6 aromatic rings. The van der Waals surface area contributed by atoms with Crippen LogP contribution in [0.25, 0.3) is 55.4 Å². The molecule has 2 aromatic heterocycles. The Hall–Kier alpha value is -4.81. The zero-order valence-electron chi connectivity index (χ0n) is 27.8. The summed E-state index contributed by atoms with van der Waals surface area (Å²) in [5.41, 5.74) is 11.2. The van der Waals surface area contributed by atoms with Crippen molar-refractivity contribution >= 4 is 45.1 Å². The zero-order valence-corrected chi connectivity index (χ0v) is 28.5. The summed E-state index contributed by atoms with van der Waals surface area (Å²) in [5.74, 6) is 0.361. The van der Waals surface area contributed by atoms with Gasteiger partial charge in [-0.2, -0.15) is 0 Å². The predicted molar refractivity (Wildman–Crippen MR) is 200 cm³/mol. The van der Waals surface area contributed by atoms with Gasteiger partial charge in [-0.15, -0.1) is 0 Å². The van der Waals surface area contributed by atoms with Crippen molar-refractivity contribution in [2.45, 2.75) is 64.3 Å². The Morgan fingerprint density at radius 2 is 1.67 bits per heavy atom. The quantitative estimate of drug-likeness (QED) is 0.184. The van der Waals surface area contributed by atoms with Gasteiger partial charge in [-0.25, -0.2) is 9.78 Å². The number of nitrogens with one attached hydrogen (secondary N) is 1. The third kappa shape index (κ3) is 5.82. The van der Waals surface area contributed by atoms with Gasteiger partial charge in [0.15, 0.2) is 0 Å². The van der Waals surface area contributed by atoms with Crippen molar-refractivity contribution in [1.82, 2.24) is 9.55 Å². The minimum absolute atomic E-state index is 0.336. The zero-order chi connectivity index (χ0) is 33.5. The highest BCUT2D eigenvalue weighted by atomic mass is 35.5. The summed E-state index contributed by atoms with van der Waals surface area (Å²) in [6, 6.07) is 28.6. The van der Waals surface area contributed by atoms with Crippen molar-refractivity contribution < 1.29 is 14.6 Å². The molecule has 1 saturated carbocycles. The van der Waals surface area contributed by atoms with Crippen LogP contribution in [0.3, 0.4) is 0 Å². The van der Waals surface area contributed by atoms with E-state index in [0.717, 1.165) is 94.6 Å². The second-order valence-electron chi connectivity index (χ2n) is 13.3. The third-order valence-corrected chi connectivity index (χ3v) is 10.6. The number of halogens is 1. The number of aromatic nitrogens is 2. The molecule has 7 heteroatoms. The molecule has 2 N–H and O–H groups in total. The van der Waals surface area contributed by atoms with Crippen LogP contribution in [-0.4, -0.2) is 33.8 Å². The first kappa shape index (κ1) is 31.5. The first-order valence-electron chi connectivity index (χ1n) is 17.6. The minimum atomic E-state index is -0.888. The van der Waals surface area contributed by atoms with Crippen LogP contribution >= 0.6 is 11.6 Å². The summed E-state index contributed by atoms with van der Waals surface area (Å²) in [6.45, 7) is 4.28. The molecule has 6 nitrogen and oxygen atoms in total. The van der Waals surface area contributed by atoms with Crippen molar-refractivity contribution in [2.24, 2.45) is 0 Å². The normalized spacial score (nSPS) is 15.1. The monoisotopic (exact) mass is 669 g/mol. The van der Waals surface area contributed by atoms with Gasteiger partial charge in [-0.3, -0.25) is 0 Å². The fourth-order valence-electron chi connectivity index (χ4n) is 8.06. The van der Waals surface area contributed by atoms with Crippen LogP contribution in [0.2, 0.25) is 5.02 Å². The Balaban J connectivity index is 1.33. The lowest BCUT2D eigenvalue weighted by Crippen LogP contribution is -2.08. The SMILES string of the molecule is CCOc1ccc(-c2ccc(Cl)cc2)c(-c2ccc3c4c(ccc3n2)-c2c(C3CCCCC3)c3ccc(C(=O)O)cc3n2CCCCN4)c1. The van der Waals surface area contributed by atoms with Gasteiger partial charge in [0.25, 0.3) is 0 Å². The highest BCUT2D eigenvalue weighted by Crippen LogP contribution is 2.48. The van der Waals surface area contributed by atoms with Gasteiger partial charge in [0.1, 0.15) is 5.75 Å². The Kier molecular flexibility index (Phi) is 8.50. The Morgan fingerprint density at radius 1 is 0.878 bits per heavy atom. The maximum atomic E-state index is 12.1. The summed E-state index contributed by atoms with van der Waals surface area (Å²) in [5, 5.41) is 16.7. The van der Waals surface area contributed by atoms with E-state index in [4.69, 9.17) is 21.3 Å². The first-order chi connectivity index (χ1) is 24.0. The molecule has 2 aliphatic rings. The van der Waals surface area contributed by atoms with E-state index in [9.17, 15) is 9.90 Å². The molecule has 0 atom stereocenters. The van der Waals surface area contributed by atoms with E-state index in [-0.39, 0.29) is 0 Å². The van der Waals surface area contributed by atoms with Crippen LogP contribution in [0, 0.1) is 0 Å². The largest absolute Gasteiger partial charge is 0.494 e. The third-order valence-electron chi connectivity index (χ3n) is 10.3. The van der Waals surface area contributed by atoms with Crippen molar-refractivity contribution in [3.05, 3.63) is 101 Å². The molecule has 8 rings (SSSR count). The molecule has 1 aliphatic heterocycles. The summed E-state index contributed by atoms with van der Waals surface area (Å²) < 4.78 is 8.34. The molecule has 1 fully saturated rings. The van der Waals surface area contributed by atoms with Gasteiger partial charge in [0, 0.05) is 45.5 Å². The number of aromatic carboxylic acids is 1. The van der Waals surface area contributed by atoms with Gasteiger partial charge in [0.05, 0.1) is 34.8 Å². The van der Waals surface area contributed by atoms with Crippen LogP contribution in [0.1, 0.15) is 73.7 Å².